The van der Waals surface area contributed by atoms with Gasteiger partial charge in [-0.3, -0.25) is 4.79 Å². The average molecular weight is 394 g/mol. The minimum Gasteiger partial charge on any atom is -0.475 e. The van der Waals surface area contributed by atoms with Crippen molar-refractivity contribution in [2.24, 2.45) is 5.92 Å². The lowest BCUT2D eigenvalue weighted by atomic mass is 10.0. The Labute approximate surface area is 151 Å². The molecule has 1 aromatic rings. The number of hydrogen-bond acceptors (Lipinski definition) is 5. The molecule has 0 aliphatic carbocycles. The number of aliphatic carboxylic acids is 1. The maximum absolute atomic E-state index is 13.1. The highest BCUT2D eigenvalue weighted by atomic mass is 19.4. The number of hydrogen-bond donors (Lipinski definition) is 1. The van der Waals surface area contributed by atoms with Crippen LogP contribution in [0.1, 0.15) is 17.3 Å². The summed E-state index contributed by atoms with van der Waals surface area (Å²) in [5.74, 6) is -3.37. The summed E-state index contributed by atoms with van der Waals surface area (Å²) in [6.45, 7) is 4.22. The van der Waals surface area contributed by atoms with Crippen molar-refractivity contribution in [1.29, 1.82) is 0 Å². The molecule has 0 unspecified atom stereocenters. The average Bonchev–Trinajstić information content (AvgIpc) is 3.18. The van der Waals surface area contributed by atoms with Gasteiger partial charge in [-0.25, -0.2) is 9.78 Å². The van der Waals surface area contributed by atoms with Gasteiger partial charge < -0.3 is 19.5 Å². The number of carbonyl (C=O) groups is 2. The molecule has 3 rings (SSSR count). The van der Waals surface area contributed by atoms with Gasteiger partial charge in [-0.2, -0.15) is 17.6 Å². The quantitative estimate of drug-likeness (QED) is 0.621. The number of carbonyl (C=O) groups excluding carboxylic acids is 1. The van der Waals surface area contributed by atoms with Gasteiger partial charge in [-0.05, 0) is 13.0 Å². The van der Waals surface area contributed by atoms with E-state index in [-0.39, 0.29) is 24.0 Å². The van der Waals surface area contributed by atoms with Gasteiger partial charge in [0.2, 0.25) is 5.95 Å². The first-order valence-corrected chi connectivity index (χ1v) is 8.07. The van der Waals surface area contributed by atoms with Crippen LogP contribution in [0.25, 0.3) is 0 Å². The van der Waals surface area contributed by atoms with Gasteiger partial charge in [-0.1, -0.05) is 0 Å². The number of carboxylic acid groups (broad SMARTS) is 1. The second-order valence-corrected chi connectivity index (χ2v) is 5.89. The van der Waals surface area contributed by atoms with Gasteiger partial charge in [0.1, 0.15) is 0 Å². The third-order valence-corrected chi connectivity index (χ3v) is 4.21. The normalized spacial score (nSPS) is 24.2. The van der Waals surface area contributed by atoms with E-state index in [4.69, 9.17) is 19.4 Å². The van der Waals surface area contributed by atoms with Crippen LogP contribution >= 0.6 is 0 Å². The summed E-state index contributed by atoms with van der Waals surface area (Å²) in [6, 6.07) is 2.72. The van der Waals surface area contributed by atoms with E-state index in [9.17, 15) is 22.4 Å². The summed E-state index contributed by atoms with van der Waals surface area (Å²) in [5, 5.41) is 7.12. The lowest BCUT2D eigenvalue weighted by Crippen LogP contribution is -2.38. The number of carboxylic acids is 1. The van der Waals surface area contributed by atoms with E-state index in [0.29, 0.717) is 31.9 Å². The van der Waals surface area contributed by atoms with E-state index >= 15 is 0 Å². The van der Waals surface area contributed by atoms with Crippen molar-refractivity contribution >= 4 is 11.9 Å². The molecule has 2 aliphatic heterocycles. The number of fused-ring (bicyclic) bond motifs is 1. The number of halogens is 4. The monoisotopic (exact) mass is 394 g/mol. The number of nitrogens with zero attached hydrogens (tertiary/aromatic N) is 2. The zero-order chi connectivity index (χ0) is 20.2. The molecule has 0 spiro atoms. The Morgan fingerprint density at radius 1 is 1.41 bits per heavy atom. The molecule has 0 radical (unpaired) electrons. The fourth-order valence-corrected chi connectivity index (χ4v) is 3.03. The van der Waals surface area contributed by atoms with Crippen molar-refractivity contribution in [3.63, 3.8) is 0 Å². The van der Waals surface area contributed by atoms with Crippen LogP contribution in [0.3, 0.4) is 0 Å². The molecular formula is C16H18F4N2O5. The zero-order valence-corrected chi connectivity index (χ0v) is 14.3. The van der Waals surface area contributed by atoms with Crippen molar-refractivity contribution in [2.45, 2.75) is 25.2 Å². The standard InChI is InChI=1S/C14H17FN2O3.C2HF3O2/c1-2-20-12-6-17(11-8-19-7-10(11)12)14(18)9-3-4-16-13(15)5-9;3-2(4,5)1(6)7/h3-5,10-12H,2,6-8H2,1H3;(H,6,7)/t10-,11+,12+;/m0./s1. The first-order chi connectivity index (χ1) is 12.6. The molecule has 27 heavy (non-hydrogen) atoms. The van der Waals surface area contributed by atoms with Crippen LogP contribution in [0.15, 0.2) is 18.3 Å². The minimum atomic E-state index is -5.08. The van der Waals surface area contributed by atoms with E-state index in [1.807, 2.05) is 6.92 Å². The predicted octanol–water partition coefficient (Wildman–Crippen LogP) is 1.73. The molecule has 1 aromatic heterocycles. The molecule has 0 bridgehead atoms. The molecule has 7 nitrogen and oxygen atoms in total. The third kappa shape index (κ3) is 5.13. The largest absolute Gasteiger partial charge is 0.490 e. The molecule has 2 saturated heterocycles. The van der Waals surface area contributed by atoms with Crippen molar-refractivity contribution in [3.8, 4) is 0 Å². The van der Waals surface area contributed by atoms with Crippen LogP contribution in [0.4, 0.5) is 17.6 Å². The van der Waals surface area contributed by atoms with E-state index in [2.05, 4.69) is 4.98 Å². The zero-order valence-electron chi connectivity index (χ0n) is 14.3. The summed E-state index contributed by atoms with van der Waals surface area (Å²) in [4.78, 5) is 26.6. The van der Waals surface area contributed by atoms with E-state index < -0.39 is 18.1 Å². The van der Waals surface area contributed by atoms with Crippen molar-refractivity contribution in [1.82, 2.24) is 9.88 Å². The molecular weight excluding hydrogens is 376 g/mol. The van der Waals surface area contributed by atoms with Gasteiger partial charge in [0, 0.05) is 36.9 Å². The van der Waals surface area contributed by atoms with Gasteiger partial charge in [0.15, 0.2) is 0 Å². The number of ether oxygens (including phenoxy) is 2. The topological polar surface area (TPSA) is 89.0 Å². The van der Waals surface area contributed by atoms with E-state index in [0.717, 1.165) is 0 Å². The fourth-order valence-electron chi connectivity index (χ4n) is 3.03. The highest BCUT2D eigenvalue weighted by Crippen LogP contribution is 2.33. The van der Waals surface area contributed by atoms with Crippen molar-refractivity contribution in [3.05, 3.63) is 29.8 Å². The smallest absolute Gasteiger partial charge is 0.475 e. The first-order valence-electron chi connectivity index (χ1n) is 8.07. The summed E-state index contributed by atoms with van der Waals surface area (Å²) < 4.78 is 56.0. The maximum Gasteiger partial charge on any atom is 0.490 e. The Bertz CT molecular complexity index is 685. The highest BCUT2D eigenvalue weighted by molar-refractivity contribution is 5.94. The highest BCUT2D eigenvalue weighted by Gasteiger charge is 2.47. The molecule has 11 heteroatoms. The second kappa shape index (κ2) is 8.61. The van der Waals surface area contributed by atoms with E-state index in [1.165, 1.54) is 18.3 Å². The number of rotatable bonds is 3. The molecule has 1 amide bonds. The summed E-state index contributed by atoms with van der Waals surface area (Å²) in [5.41, 5.74) is 0.320. The molecule has 0 saturated carbocycles. The van der Waals surface area contributed by atoms with Crippen LogP contribution in [0.5, 0.6) is 0 Å². The summed E-state index contributed by atoms with van der Waals surface area (Å²) in [7, 11) is 0. The first kappa shape index (κ1) is 21.0. The van der Waals surface area contributed by atoms with Crippen LogP contribution in [-0.4, -0.2) is 71.6 Å². The van der Waals surface area contributed by atoms with Crippen molar-refractivity contribution in [2.75, 3.05) is 26.4 Å². The fraction of sp³-hybridized carbons (Fsp3) is 0.562. The van der Waals surface area contributed by atoms with Crippen LogP contribution in [-0.2, 0) is 14.3 Å². The molecule has 1 N–H and O–H groups in total. The van der Waals surface area contributed by atoms with Crippen LogP contribution < -0.4 is 0 Å². The van der Waals surface area contributed by atoms with E-state index in [1.54, 1.807) is 4.90 Å². The molecule has 3 heterocycles. The molecule has 2 fully saturated rings. The van der Waals surface area contributed by atoms with Crippen LogP contribution in [0, 0.1) is 11.9 Å². The SMILES string of the molecule is CCO[C@@H]1CN(C(=O)c2ccnc(F)c2)[C@@H]2COC[C@@H]21.O=C(O)C(F)(F)F. The second-order valence-electron chi connectivity index (χ2n) is 5.89. The number of likely N-dealkylation sites (tertiary alicyclic amines) is 1. The van der Waals surface area contributed by atoms with Crippen molar-refractivity contribution < 1.29 is 41.7 Å². The van der Waals surface area contributed by atoms with Gasteiger partial charge in [0.05, 0.1) is 25.4 Å². The Kier molecular flexibility index (Phi) is 6.71. The number of aromatic nitrogens is 1. The lowest BCUT2D eigenvalue weighted by Gasteiger charge is -2.22. The Morgan fingerprint density at radius 2 is 2.07 bits per heavy atom. The molecule has 0 aromatic carbocycles. The third-order valence-electron chi connectivity index (χ3n) is 4.21. The summed E-state index contributed by atoms with van der Waals surface area (Å²) >= 11 is 0. The lowest BCUT2D eigenvalue weighted by molar-refractivity contribution is -0.192. The Morgan fingerprint density at radius 3 is 2.63 bits per heavy atom. The predicted molar refractivity (Wildman–Crippen MR) is 82.4 cm³/mol. The molecule has 2 aliphatic rings. The number of alkyl halides is 3. The van der Waals surface area contributed by atoms with Gasteiger partial charge in [-0.15, -0.1) is 0 Å². The van der Waals surface area contributed by atoms with Gasteiger partial charge >= 0.3 is 12.1 Å². The molecule has 150 valence electrons. The Balaban J connectivity index is 0.000000321. The Hall–Kier alpha value is -2.27. The minimum absolute atomic E-state index is 0.00290. The maximum atomic E-state index is 13.1. The van der Waals surface area contributed by atoms with Gasteiger partial charge in [0.25, 0.3) is 5.91 Å². The number of amides is 1. The number of pyridine rings is 1. The summed E-state index contributed by atoms with van der Waals surface area (Å²) in [6.07, 6.45) is -3.77. The molecule has 3 atom stereocenters. The van der Waals surface area contributed by atoms with Crippen LogP contribution in [0.2, 0.25) is 0 Å².